The highest BCUT2D eigenvalue weighted by Gasteiger charge is 2.41. The van der Waals surface area contributed by atoms with Crippen molar-refractivity contribution in [3.05, 3.63) is 46.2 Å². The maximum absolute atomic E-state index is 15.0. The largest absolute Gasteiger partial charge is 0.417 e. The van der Waals surface area contributed by atoms with Crippen LogP contribution in [0.15, 0.2) is 39.9 Å². The van der Waals surface area contributed by atoms with Crippen LogP contribution in [0.2, 0.25) is 0 Å². The van der Waals surface area contributed by atoms with Gasteiger partial charge in [-0.15, -0.1) is 23.1 Å². The van der Waals surface area contributed by atoms with Crippen molar-refractivity contribution in [3.8, 4) is 10.4 Å². The number of methoxy groups -OCH3 is 1. The summed E-state index contributed by atoms with van der Waals surface area (Å²) >= 11 is 4.51. The fraction of sp³-hybridized carbons (Fsp3) is 0.500. The Morgan fingerprint density at radius 3 is 2.50 bits per heavy atom. The molecule has 2 fully saturated rings. The van der Waals surface area contributed by atoms with Crippen molar-refractivity contribution >= 4 is 63.2 Å². The van der Waals surface area contributed by atoms with Gasteiger partial charge in [-0.3, -0.25) is 9.36 Å². The fourth-order valence-electron chi connectivity index (χ4n) is 6.60. The van der Waals surface area contributed by atoms with E-state index in [1.54, 1.807) is 12.0 Å². The number of ether oxygens (including phenoxy) is 1. The zero-order valence-corrected chi connectivity index (χ0v) is 27.2. The van der Waals surface area contributed by atoms with Crippen molar-refractivity contribution in [2.75, 3.05) is 67.0 Å². The average molecular weight is 666 g/mol. The van der Waals surface area contributed by atoms with E-state index in [-0.39, 0.29) is 47.4 Å². The van der Waals surface area contributed by atoms with Gasteiger partial charge in [0.1, 0.15) is 5.82 Å². The predicted molar refractivity (Wildman–Crippen MR) is 174 cm³/mol. The maximum atomic E-state index is 15.0. The number of thiophene rings is 1. The minimum absolute atomic E-state index is 0.113. The summed E-state index contributed by atoms with van der Waals surface area (Å²) in [5.41, 5.74) is 0.225. The first-order valence-corrected chi connectivity index (χ1v) is 17.5. The molecule has 8 nitrogen and oxygen atoms in total. The second-order valence-corrected chi connectivity index (χ2v) is 14.5. The van der Waals surface area contributed by atoms with Crippen molar-refractivity contribution in [2.45, 2.75) is 43.0 Å². The summed E-state index contributed by atoms with van der Waals surface area (Å²) in [5.74, 6) is 2.33. The van der Waals surface area contributed by atoms with Crippen LogP contribution in [0, 0.1) is 0 Å². The third-order valence-electron chi connectivity index (χ3n) is 8.45. The Labute approximate surface area is 266 Å². The molecule has 1 aromatic carbocycles. The zero-order valence-electron chi connectivity index (χ0n) is 24.7. The number of alkyl halides is 3. The molecule has 2 saturated heterocycles. The summed E-state index contributed by atoms with van der Waals surface area (Å²) < 4.78 is 52.0. The van der Waals surface area contributed by atoms with Crippen molar-refractivity contribution < 1.29 is 22.7 Å². The molecular weight excluding hydrogens is 632 g/mol. The Morgan fingerprint density at radius 2 is 1.86 bits per heavy atom. The van der Waals surface area contributed by atoms with Crippen molar-refractivity contribution in [2.24, 2.45) is 0 Å². The van der Waals surface area contributed by atoms with Gasteiger partial charge in [-0.05, 0) is 32.1 Å². The number of carbonyl (C=O) groups excluding carboxylic acids is 1. The predicted octanol–water partition coefficient (Wildman–Crippen LogP) is 5.60. The minimum Gasteiger partial charge on any atom is -0.383 e. The van der Waals surface area contributed by atoms with Crippen LogP contribution in [-0.2, 0) is 15.7 Å². The number of hydrogen-bond donors (Lipinski definition) is 0. The monoisotopic (exact) mass is 665 g/mol. The van der Waals surface area contributed by atoms with E-state index in [2.05, 4.69) is 16.5 Å². The van der Waals surface area contributed by atoms with Crippen LogP contribution in [0.4, 0.5) is 24.7 Å². The Balaban J connectivity index is 1.57. The minimum atomic E-state index is -4.65. The van der Waals surface area contributed by atoms with E-state index in [1.165, 1.54) is 39.8 Å². The van der Waals surface area contributed by atoms with Crippen LogP contribution in [-0.4, -0.2) is 89.6 Å². The number of rotatable bonds is 6. The number of aromatic nitrogens is 2. The summed E-state index contributed by atoms with van der Waals surface area (Å²) in [6.45, 7) is 9.90. The number of nitrogens with zero attached hydrogens (tertiary/aromatic N) is 5. The molecule has 2 aromatic heterocycles. The van der Waals surface area contributed by atoms with Crippen molar-refractivity contribution in [1.82, 2.24) is 14.5 Å². The highest BCUT2D eigenvalue weighted by Crippen LogP contribution is 2.51. The molecule has 0 saturated carbocycles. The van der Waals surface area contributed by atoms with Gasteiger partial charge in [-0.2, -0.15) is 29.9 Å². The molecule has 44 heavy (non-hydrogen) atoms. The third-order valence-corrected chi connectivity index (χ3v) is 11.6. The number of hydrogen-bond acceptors (Lipinski definition) is 9. The van der Waals surface area contributed by atoms with Crippen LogP contribution in [0.25, 0.3) is 21.3 Å². The molecule has 0 aliphatic carbocycles. The Morgan fingerprint density at radius 1 is 1.16 bits per heavy atom. The fourth-order valence-corrected chi connectivity index (χ4v) is 9.86. The van der Waals surface area contributed by atoms with Gasteiger partial charge in [-0.1, -0.05) is 6.58 Å². The Kier molecular flexibility index (Phi) is 8.72. The quantitative estimate of drug-likeness (QED) is 0.316. The molecule has 6 rings (SSSR count). The average Bonchev–Trinajstić information content (AvgIpc) is 3.48. The molecule has 0 radical (unpaired) electrons. The molecule has 1 amide bonds. The molecule has 236 valence electrons. The van der Waals surface area contributed by atoms with Crippen LogP contribution in [0.1, 0.15) is 25.5 Å². The van der Waals surface area contributed by atoms with Crippen LogP contribution < -0.4 is 15.5 Å². The number of halogens is 3. The summed E-state index contributed by atoms with van der Waals surface area (Å²) in [6, 6.07) is 2.11. The maximum Gasteiger partial charge on any atom is 0.417 e. The lowest BCUT2D eigenvalue weighted by Gasteiger charge is -2.45. The van der Waals surface area contributed by atoms with E-state index in [9.17, 15) is 9.59 Å². The number of carbonyl (C=O) groups is 1. The second kappa shape index (κ2) is 12.3. The van der Waals surface area contributed by atoms with E-state index in [0.717, 1.165) is 30.3 Å². The molecule has 5 heterocycles. The van der Waals surface area contributed by atoms with Gasteiger partial charge in [-0.25, -0.2) is 4.79 Å². The molecule has 0 N–H and O–H groups in total. The molecule has 0 unspecified atom stereocenters. The third kappa shape index (κ3) is 5.51. The first-order chi connectivity index (χ1) is 21.0. The molecule has 14 heteroatoms. The number of amides is 1. The van der Waals surface area contributed by atoms with Gasteiger partial charge in [0.15, 0.2) is 0 Å². The van der Waals surface area contributed by atoms with E-state index in [0.29, 0.717) is 34.1 Å². The zero-order chi connectivity index (χ0) is 31.3. The number of anilines is 2. The van der Waals surface area contributed by atoms with Gasteiger partial charge in [0.2, 0.25) is 5.91 Å². The molecule has 0 spiro atoms. The lowest BCUT2D eigenvalue weighted by molar-refractivity contribution is -0.137. The second-order valence-electron chi connectivity index (χ2n) is 11.4. The van der Waals surface area contributed by atoms with Gasteiger partial charge in [0.25, 0.3) is 0 Å². The Bertz CT molecular complexity index is 1640. The molecule has 3 aliphatic heterocycles. The van der Waals surface area contributed by atoms with E-state index < -0.39 is 17.4 Å². The van der Waals surface area contributed by atoms with Gasteiger partial charge in [0.05, 0.1) is 23.7 Å². The summed E-state index contributed by atoms with van der Waals surface area (Å²) in [4.78, 5) is 37.5. The van der Waals surface area contributed by atoms with Crippen LogP contribution in [0.5, 0.6) is 0 Å². The smallest absolute Gasteiger partial charge is 0.383 e. The van der Waals surface area contributed by atoms with Crippen molar-refractivity contribution in [3.63, 3.8) is 0 Å². The summed E-state index contributed by atoms with van der Waals surface area (Å²) in [6.07, 6.45) is -3.38. The SMILES string of the molecule is C=CC(=O)N1[C@H](C)CN(c2nc(=O)n3c4c(c(-c5cc(N6CCSCC6)cs5)c(C(F)(F)F)cc24)SC[C@@H]3COC)C[C@@H]1C. The number of thioether (sulfide) groups is 2. The number of benzene rings is 1. The highest BCUT2D eigenvalue weighted by molar-refractivity contribution is 7.99. The molecule has 0 bridgehead atoms. The number of piperazine rings is 1. The molecule has 3 aromatic rings. The van der Waals surface area contributed by atoms with E-state index in [4.69, 9.17) is 4.74 Å². The highest BCUT2D eigenvalue weighted by atomic mass is 32.2. The molecular formula is C30H34F3N5O3S3. The standard InChI is InChI=1S/C30H34F3N5O3S3/c1-5-24(39)37-17(2)12-36(13-18(37)3)28-21-11-22(30(31,32)33)25(23-10-19(15-43-23)35-6-8-42-9-7-35)27-26(21)38(29(40)34-28)20(14-41-4)16-44-27/h5,10-11,15,17-18,20H,1,6-9,12-14,16H2,2-4H3/t17-,18+,20-/m0/s1. The summed E-state index contributed by atoms with van der Waals surface area (Å²) in [7, 11) is 1.54. The first kappa shape index (κ1) is 31.3. The van der Waals surface area contributed by atoms with E-state index in [1.807, 2.05) is 42.0 Å². The van der Waals surface area contributed by atoms with E-state index >= 15 is 13.2 Å². The topological polar surface area (TPSA) is 70.9 Å². The van der Waals surface area contributed by atoms with Crippen LogP contribution >= 0.6 is 34.9 Å². The summed E-state index contributed by atoms with van der Waals surface area (Å²) in [5, 5.41) is 2.21. The molecule has 3 aliphatic rings. The Hall–Kier alpha value is -2.68. The lowest BCUT2D eigenvalue weighted by Crippen LogP contribution is -2.58. The molecule has 3 atom stereocenters. The van der Waals surface area contributed by atoms with Gasteiger partial charge < -0.3 is 19.4 Å². The van der Waals surface area contributed by atoms with Gasteiger partial charge in [0, 0.05) is 94.4 Å². The van der Waals surface area contributed by atoms with Gasteiger partial charge >= 0.3 is 11.9 Å². The van der Waals surface area contributed by atoms with Crippen molar-refractivity contribution in [1.29, 1.82) is 0 Å². The first-order valence-electron chi connectivity index (χ1n) is 14.5. The van der Waals surface area contributed by atoms with Crippen LogP contribution in [0.3, 0.4) is 0 Å². The normalized spacial score (nSPS) is 22.5. The lowest BCUT2D eigenvalue weighted by atomic mass is 9.99.